The zero-order valence-electron chi connectivity index (χ0n) is 15.0. The fraction of sp³-hybridized carbons (Fsp3) is 0.158. The predicted molar refractivity (Wildman–Crippen MR) is 116 cm³/mol. The Balaban J connectivity index is 2.01. The van der Waals surface area contributed by atoms with Crippen molar-refractivity contribution in [2.75, 3.05) is 6.61 Å². The van der Waals surface area contributed by atoms with Gasteiger partial charge in [-0.05, 0) is 35.9 Å². The Bertz CT molecular complexity index is 1170. The van der Waals surface area contributed by atoms with Gasteiger partial charge in [0, 0.05) is 10.9 Å². The van der Waals surface area contributed by atoms with E-state index < -0.39 is 12.6 Å². The lowest BCUT2D eigenvalue weighted by molar-refractivity contribution is -0.139. The highest BCUT2D eigenvalue weighted by Gasteiger charge is 2.12. The first-order valence-corrected chi connectivity index (χ1v) is 9.94. The van der Waals surface area contributed by atoms with Crippen LogP contribution in [0.1, 0.15) is 18.3 Å². The van der Waals surface area contributed by atoms with E-state index in [1.54, 1.807) is 12.1 Å². The minimum absolute atomic E-state index is 0.0662. The number of aromatic nitrogens is 2. The van der Waals surface area contributed by atoms with Crippen LogP contribution in [0.25, 0.3) is 10.9 Å². The van der Waals surface area contributed by atoms with Gasteiger partial charge >= 0.3 is 5.97 Å². The minimum atomic E-state index is -1.15. The van der Waals surface area contributed by atoms with E-state index in [1.165, 1.54) is 23.0 Å². The summed E-state index contributed by atoms with van der Waals surface area (Å²) >= 11 is 15.6. The molecule has 1 heterocycles. The molecule has 10 heteroatoms. The van der Waals surface area contributed by atoms with Crippen molar-refractivity contribution in [2.45, 2.75) is 13.3 Å². The number of carboxylic acid groups (broad SMARTS) is 1. The molecule has 3 aromatic rings. The summed E-state index contributed by atoms with van der Waals surface area (Å²) in [7, 11) is 0. The number of aliphatic carboxylic acids is 1. The molecule has 1 aromatic heterocycles. The van der Waals surface area contributed by atoms with Gasteiger partial charge in [0.15, 0.2) is 12.4 Å². The standard InChI is InChI=1S/C19H14BrCl2N3O4/c1-2-16-24-15-4-3-11(20)7-12(15)19(28)25(16)23-8-10-5-13(21)18(14(22)6-10)29-9-17(26)27/h3-8H,2,9H2,1H3,(H,26,27). The monoisotopic (exact) mass is 497 g/mol. The van der Waals surface area contributed by atoms with Crippen LogP contribution in [0.3, 0.4) is 0 Å². The number of hydrogen-bond acceptors (Lipinski definition) is 5. The highest BCUT2D eigenvalue weighted by Crippen LogP contribution is 2.33. The van der Waals surface area contributed by atoms with Crippen molar-refractivity contribution >= 4 is 62.2 Å². The summed E-state index contributed by atoms with van der Waals surface area (Å²) in [5.74, 6) is -0.583. The van der Waals surface area contributed by atoms with Crippen LogP contribution in [0.2, 0.25) is 10.0 Å². The maximum atomic E-state index is 12.9. The average Bonchev–Trinajstić information content (AvgIpc) is 2.66. The van der Waals surface area contributed by atoms with Crippen LogP contribution in [0.4, 0.5) is 0 Å². The summed E-state index contributed by atoms with van der Waals surface area (Å²) < 4.78 is 7.07. The number of carbonyl (C=O) groups is 1. The van der Waals surface area contributed by atoms with E-state index in [0.29, 0.717) is 28.7 Å². The van der Waals surface area contributed by atoms with E-state index in [1.807, 2.05) is 13.0 Å². The molecule has 0 fully saturated rings. The quantitative estimate of drug-likeness (QED) is 0.509. The van der Waals surface area contributed by atoms with Gasteiger partial charge in [0.1, 0.15) is 5.82 Å². The molecule has 0 radical (unpaired) electrons. The summed E-state index contributed by atoms with van der Waals surface area (Å²) in [6.45, 7) is 1.31. The number of hydrogen-bond donors (Lipinski definition) is 1. The molecule has 0 amide bonds. The van der Waals surface area contributed by atoms with Crippen LogP contribution in [0, 0.1) is 0 Å². The molecule has 0 saturated heterocycles. The molecule has 0 atom stereocenters. The van der Waals surface area contributed by atoms with Gasteiger partial charge in [-0.25, -0.2) is 9.78 Å². The van der Waals surface area contributed by atoms with Crippen LogP contribution in [-0.4, -0.2) is 33.6 Å². The van der Waals surface area contributed by atoms with E-state index in [-0.39, 0.29) is 21.4 Å². The topological polar surface area (TPSA) is 93.8 Å². The Hall–Kier alpha value is -2.42. The number of carboxylic acids is 1. The van der Waals surface area contributed by atoms with E-state index in [9.17, 15) is 9.59 Å². The molecule has 0 saturated carbocycles. The van der Waals surface area contributed by atoms with Gasteiger partial charge in [-0.2, -0.15) is 9.78 Å². The van der Waals surface area contributed by atoms with Crippen molar-refractivity contribution in [3.63, 3.8) is 0 Å². The van der Waals surface area contributed by atoms with Gasteiger partial charge in [0.2, 0.25) is 0 Å². The Morgan fingerprint density at radius 2 is 2.00 bits per heavy atom. The fourth-order valence-corrected chi connectivity index (χ4v) is 3.57. The molecule has 7 nitrogen and oxygen atoms in total. The zero-order valence-corrected chi connectivity index (χ0v) is 18.1. The molecule has 0 bridgehead atoms. The Labute approximate surface area is 183 Å². The highest BCUT2D eigenvalue weighted by molar-refractivity contribution is 9.10. The molecule has 0 aliphatic heterocycles. The summed E-state index contributed by atoms with van der Waals surface area (Å²) in [6.07, 6.45) is 1.92. The molecular weight excluding hydrogens is 485 g/mol. The molecule has 0 aliphatic carbocycles. The van der Waals surface area contributed by atoms with E-state index in [0.717, 1.165) is 4.47 Å². The van der Waals surface area contributed by atoms with Crippen molar-refractivity contribution < 1.29 is 14.6 Å². The molecule has 2 aromatic carbocycles. The van der Waals surface area contributed by atoms with Crippen LogP contribution in [0.5, 0.6) is 5.75 Å². The van der Waals surface area contributed by atoms with Crippen molar-refractivity contribution in [3.8, 4) is 5.75 Å². The second-order valence-electron chi connectivity index (χ2n) is 5.90. The summed E-state index contributed by atoms with van der Waals surface area (Å²) in [5, 5.41) is 13.7. The molecule has 1 N–H and O–H groups in total. The van der Waals surface area contributed by atoms with E-state index in [2.05, 4.69) is 26.0 Å². The highest BCUT2D eigenvalue weighted by atomic mass is 79.9. The van der Waals surface area contributed by atoms with Crippen LogP contribution in [0.15, 0.2) is 44.7 Å². The zero-order chi connectivity index (χ0) is 21.1. The lowest BCUT2D eigenvalue weighted by Gasteiger charge is -2.09. The molecule has 0 aliphatic rings. The third-order valence-corrected chi connectivity index (χ3v) is 4.93. The van der Waals surface area contributed by atoms with Crippen molar-refractivity contribution in [1.29, 1.82) is 0 Å². The summed E-state index contributed by atoms with van der Waals surface area (Å²) in [6, 6.07) is 8.30. The predicted octanol–water partition coefficient (Wildman–Crippen LogP) is 4.37. The molecule has 29 heavy (non-hydrogen) atoms. The molecule has 150 valence electrons. The molecule has 0 unspecified atom stereocenters. The second kappa shape index (κ2) is 8.94. The van der Waals surface area contributed by atoms with Crippen molar-refractivity contribution in [2.24, 2.45) is 5.10 Å². The maximum Gasteiger partial charge on any atom is 0.341 e. The second-order valence-corrected chi connectivity index (χ2v) is 7.63. The number of rotatable bonds is 6. The third kappa shape index (κ3) is 4.77. The van der Waals surface area contributed by atoms with Gasteiger partial charge in [0.25, 0.3) is 5.56 Å². The largest absolute Gasteiger partial charge is 0.479 e. The van der Waals surface area contributed by atoms with Gasteiger partial charge in [-0.1, -0.05) is 46.1 Å². The normalized spacial score (nSPS) is 11.3. The lowest BCUT2D eigenvalue weighted by atomic mass is 10.2. The minimum Gasteiger partial charge on any atom is -0.479 e. The van der Waals surface area contributed by atoms with Crippen molar-refractivity contribution in [1.82, 2.24) is 9.66 Å². The third-order valence-electron chi connectivity index (χ3n) is 3.87. The molecule has 0 spiro atoms. The molecule has 3 rings (SSSR count). The van der Waals surface area contributed by atoms with Gasteiger partial charge < -0.3 is 9.84 Å². The SMILES string of the molecule is CCc1nc2ccc(Br)cc2c(=O)n1N=Cc1cc(Cl)c(OCC(=O)O)c(Cl)c1. The Morgan fingerprint density at radius 1 is 1.31 bits per heavy atom. The maximum absolute atomic E-state index is 12.9. The number of aryl methyl sites for hydroxylation is 1. The van der Waals surface area contributed by atoms with E-state index >= 15 is 0 Å². The number of nitrogens with zero attached hydrogens (tertiary/aromatic N) is 3. The fourth-order valence-electron chi connectivity index (χ4n) is 2.59. The number of ether oxygens (including phenoxy) is 1. The first kappa shape index (κ1) is 21.3. The van der Waals surface area contributed by atoms with Crippen LogP contribution in [-0.2, 0) is 11.2 Å². The van der Waals surface area contributed by atoms with Gasteiger partial charge in [-0.3, -0.25) is 4.79 Å². The number of halogens is 3. The van der Waals surface area contributed by atoms with Gasteiger partial charge in [0.05, 0.1) is 27.2 Å². The average molecular weight is 499 g/mol. The van der Waals surface area contributed by atoms with E-state index in [4.69, 9.17) is 33.0 Å². The molecular formula is C19H14BrCl2N3O4. The first-order valence-electron chi connectivity index (χ1n) is 8.39. The van der Waals surface area contributed by atoms with Crippen molar-refractivity contribution in [3.05, 3.63) is 66.6 Å². The van der Waals surface area contributed by atoms with Crippen LogP contribution < -0.4 is 10.3 Å². The number of benzene rings is 2. The number of fused-ring (bicyclic) bond motifs is 1. The lowest BCUT2D eigenvalue weighted by Crippen LogP contribution is -2.22. The smallest absolute Gasteiger partial charge is 0.341 e. The Kier molecular flexibility index (Phi) is 6.56. The first-order chi connectivity index (χ1) is 13.8. The van der Waals surface area contributed by atoms with Gasteiger partial charge in [-0.15, -0.1) is 0 Å². The Morgan fingerprint density at radius 3 is 2.62 bits per heavy atom. The summed E-state index contributed by atoms with van der Waals surface area (Å²) in [4.78, 5) is 28.0. The summed E-state index contributed by atoms with van der Waals surface area (Å²) in [5.41, 5.74) is 0.793. The van der Waals surface area contributed by atoms with Crippen LogP contribution >= 0.6 is 39.1 Å².